The number of aromatic nitrogens is 4. The van der Waals surface area contributed by atoms with Crippen molar-refractivity contribution in [1.29, 1.82) is 0 Å². The first-order chi connectivity index (χ1) is 12.5. The summed E-state index contributed by atoms with van der Waals surface area (Å²) in [7, 11) is 3.36. The van der Waals surface area contributed by atoms with Gasteiger partial charge in [-0.3, -0.25) is 9.36 Å². The Morgan fingerprint density at radius 2 is 1.77 bits per heavy atom. The molecule has 128 valence electrons. The quantitative estimate of drug-likeness (QED) is 0.522. The average molecular weight is 344 g/mol. The van der Waals surface area contributed by atoms with E-state index in [1.165, 1.54) is 4.57 Å². The number of benzene rings is 2. The van der Waals surface area contributed by atoms with Gasteiger partial charge in [0.1, 0.15) is 5.82 Å². The molecule has 6 nitrogen and oxygen atoms in total. The third-order valence-corrected chi connectivity index (χ3v) is 4.62. The second-order valence-electron chi connectivity index (χ2n) is 6.17. The summed E-state index contributed by atoms with van der Waals surface area (Å²) in [6.07, 6.45) is 5.30. The molecule has 0 aliphatic rings. The Labute approximate surface area is 148 Å². The van der Waals surface area contributed by atoms with Crippen LogP contribution in [-0.4, -0.2) is 18.7 Å². The molecule has 2 aromatic carbocycles. The highest BCUT2D eigenvalue weighted by Crippen LogP contribution is 2.25. The maximum atomic E-state index is 12.8. The topological polar surface area (TPSA) is 61.8 Å². The molecule has 0 fully saturated rings. The summed E-state index contributed by atoms with van der Waals surface area (Å²) >= 11 is 0. The van der Waals surface area contributed by atoms with Gasteiger partial charge >= 0.3 is 5.69 Å². The minimum atomic E-state index is -0.469. The third-order valence-electron chi connectivity index (χ3n) is 4.62. The normalized spacial score (nSPS) is 11.1. The van der Waals surface area contributed by atoms with Crippen molar-refractivity contribution in [2.45, 2.75) is 6.54 Å². The fourth-order valence-corrected chi connectivity index (χ4v) is 3.26. The number of rotatable bonds is 2. The summed E-state index contributed by atoms with van der Waals surface area (Å²) in [4.78, 5) is 29.7. The molecule has 0 aliphatic heterocycles. The van der Waals surface area contributed by atoms with E-state index in [4.69, 9.17) is 6.42 Å². The molecule has 26 heavy (non-hydrogen) atoms. The van der Waals surface area contributed by atoms with E-state index in [9.17, 15) is 9.59 Å². The number of fused-ring (bicyclic) bond motifs is 2. The van der Waals surface area contributed by atoms with Gasteiger partial charge in [-0.15, -0.1) is 6.42 Å². The Balaban J connectivity index is 2.05. The van der Waals surface area contributed by atoms with Gasteiger partial charge in [-0.05, 0) is 16.8 Å². The van der Waals surface area contributed by atoms with Gasteiger partial charge < -0.3 is 4.57 Å². The molecule has 0 saturated carbocycles. The first-order valence-electron chi connectivity index (χ1n) is 8.12. The molecule has 6 heteroatoms. The van der Waals surface area contributed by atoms with Gasteiger partial charge in [0.25, 0.3) is 5.56 Å². The highest BCUT2D eigenvalue weighted by Gasteiger charge is 2.19. The summed E-state index contributed by atoms with van der Waals surface area (Å²) in [6.45, 7) is -0.0715. The zero-order chi connectivity index (χ0) is 18.4. The molecular weight excluding hydrogens is 328 g/mol. The first kappa shape index (κ1) is 15.9. The smallest absolute Gasteiger partial charge is 0.321 e. The van der Waals surface area contributed by atoms with Crippen LogP contribution in [0, 0.1) is 12.3 Å². The van der Waals surface area contributed by atoms with Gasteiger partial charge in [-0.25, -0.2) is 14.3 Å². The molecule has 0 saturated heterocycles. The second kappa shape index (κ2) is 5.74. The fourth-order valence-electron chi connectivity index (χ4n) is 3.26. The van der Waals surface area contributed by atoms with Crippen molar-refractivity contribution in [1.82, 2.24) is 18.7 Å². The Hall–Kier alpha value is -3.59. The zero-order valence-corrected chi connectivity index (χ0v) is 14.4. The zero-order valence-electron chi connectivity index (χ0n) is 14.4. The minimum Gasteiger partial charge on any atom is -0.321 e. The van der Waals surface area contributed by atoms with E-state index in [1.807, 2.05) is 42.5 Å². The van der Waals surface area contributed by atoms with E-state index in [0.29, 0.717) is 17.0 Å². The molecule has 0 N–H and O–H groups in total. The Bertz CT molecular complexity index is 1330. The lowest BCUT2D eigenvalue weighted by molar-refractivity contribution is 0.674. The largest absolute Gasteiger partial charge is 0.333 e. The third kappa shape index (κ3) is 2.18. The lowest BCUT2D eigenvalue weighted by Crippen LogP contribution is -2.39. The van der Waals surface area contributed by atoms with E-state index in [-0.39, 0.29) is 6.54 Å². The van der Waals surface area contributed by atoms with Crippen LogP contribution in [0.1, 0.15) is 0 Å². The standard InChI is InChI=1S/C20H16N4O2/c1-4-11-24-19(25)16-18(23(3)20(24)26)21-17(22(16)2)15-10-9-13-7-5-6-8-14(13)12-15/h1,5-10,12H,11H2,2-3H3. The summed E-state index contributed by atoms with van der Waals surface area (Å²) in [5.41, 5.74) is 0.675. The van der Waals surface area contributed by atoms with Crippen LogP contribution in [-0.2, 0) is 20.6 Å². The monoisotopic (exact) mass is 344 g/mol. The van der Waals surface area contributed by atoms with Crippen LogP contribution < -0.4 is 11.2 Å². The highest BCUT2D eigenvalue weighted by atomic mass is 16.2. The number of imidazole rings is 1. The van der Waals surface area contributed by atoms with Gasteiger partial charge in [-0.1, -0.05) is 42.3 Å². The highest BCUT2D eigenvalue weighted by molar-refractivity contribution is 5.87. The SMILES string of the molecule is C#CCn1c(=O)c2c(nc(-c3ccc4ccccc4c3)n2C)n(C)c1=O. The van der Waals surface area contributed by atoms with Gasteiger partial charge in [0.15, 0.2) is 11.2 Å². The van der Waals surface area contributed by atoms with E-state index >= 15 is 0 Å². The lowest BCUT2D eigenvalue weighted by Gasteiger charge is -2.06. The van der Waals surface area contributed by atoms with Crippen LogP contribution in [0.2, 0.25) is 0 Å². The van der Waals surface area contributed by atoms with E-state index < -0.39 is 11.2 Å². The molecule has 2 heterocycles. The van der Waals surface area contributed by atoms with Gasteiger partial charge in [0.2, 0.25) is 0 Å². The number of hydrogen-bond donors (Lipinski definition) is 0. The molecule has 2 aromatic heterocycles. The number of aryl methyl sites for hydroxylation is 2. The van der Waals surface area contributed by atoms with Crippen molar-refractivity contribution in [3.8, 4) is 23.7 Å². The van der Waals surface area contributed by atoms with E-state index in [2.05, 4.69) is 10.9 Å². The van der Waals surface area contributed by atoms with Crippen molar-refractivity contribution in [2.24, 2.45) is 14.1 Å². The van der Waals surface area contributed by atoms with Crippen LogP contribution in [0.15, 0.2) is 52.1 Å². The summed E-state index contributed by atoms with van der Waals surface area (Å²) in [5, 5.41) is 2.20. The average Bonchev–Trinajstić information content (AvgIpc) is 3.00. The van der Waals surface area contributed by atoms with Crippen LogP contribution in [0.25, 0.3) is 33.3 Å². The molecular formula is C20H16N4O2. The molecule has 0 atom stereocenters. The van der Waals surface area contributed by atoms with Crippen molar-refractivity contribution in [3.05, 3.63) is 63.3 Å². The summed E-state index contributed by atoms with van der Waals surface area (Å²) < 4.78 is 4.13. The second-order valence-corrected chi connectivity index (χ2v) is 6.17. The van der Waals surface area contributed by atoms with Crippen LogP contribution in [0.4, 0.5) is 0 Å². The first-order valence-corrected chi connectivity index (χ1v) is 8.12. The van der Waals surface area contributed by atoms with Crippen LogP contribution >= 0.6 is 0 Å². The van der Waals surface area contributed by atoms with Crippen molar-refractivity contribution in [3.63, 3.8) is 0 Å². The number of hydrogen-bond acceptors (Lipinski definition) is 3. The minimum absolute atomic E-state index is 0.0715. The van der Waals surface area contributed by atoms with E-state index in [1.54, 1.807) is 18.7 Å². The summed E-state index contributed by atoms with van der Waals surface area (Å²) in [6, 6.07) is 14.0. The summed E-state index contributed by atoms with van der Waals surface area (Å²) in [5.74, 6) is 2.98. The number of terminal acetylenes is 1. The fraction of sp³-hybridized carbons (Fsp3) is 0.150. The van der Waals surface area contributed by atoms with Crippen molar-refractivity contribution >= 4 is 21.9 Å². The lowest BCUT2D eigenvalue weighted by atomic mass is 10.1. The predicted molar refractivity (Wildman–Crippen MR) is 102 cm³/mol. The van der Waals surface area contributed by atoms with Gasteiger partial charge in [-0.2, -0.15) is 0 Å². The van der Waals surface area contributed by atoms with Gasteiger partial charge in [0.05, 0.1) is 6.54 Å². The molecule has 4 aromatic rings. The molecule has 4 rings (SSSR count). The van der Waals surface area contributed by atoms with Crippen LogP contribution in [0.3, 0.4) is 0 Å². The van der Waals surface area contributed by atoms with Gasteiger partial charge in [0, 0.05) is 19.7 Å². The van der Waals surface area contributed by atoms with Crippen LogP contribution in [0.5, 0.6) is 0 Å². The number of nitrogens with zero attached hydrogens (tertiary/aromatic N) is 4. The van der Waals surface area contributed by atoms with Crippen molar-refractivity contribution < 1.29 is 0 Å². The predicted octanol–water partition coefficient (Wildman–Crippen LogP) is 1.89. The molecule has 0 spiro atoms. The Morgan fingerprint density at radius 3 is 2.50 bits per heavy atom. The molecule has 0 bridgehead atoms. The Morgan fingerprint density at radius 1 is 1.04 bits per heavy atom. The molecule has 0 amide bonds. The maximum Gasteiger partial charge on any atom is 0.333 e. The maximum absolute atomic E-state index is 12.8. The molecule has 0 unspecified atom stereocenters. The van der Waals surface area contributed by atoms with Crippen molar-refractivity contribution in [2.75, 3.05) is 0 Å². The molecule has 0 aliphatic carbocycles. The Kier molecular flexibility index (Phi) is 3.51. The molecule has 0 radical (unpaired) electrons. The van der Waals surface area contributed by atoms with E-state index in [0.717, 1.165) is 20.9 Å².